The lowest BCUT2D eigenvalue weighted by molar-refractivity contribution is -0.165. The Morgan fingerprint density at radius 2 is 1.69 bits per heavy atom. The molecule has 11 heteroatoms. The summed E-state index contributed by atoms with van der Waals surface area (Å²) in [5.74, 6) is 0. The third-order valence-electron chi connectivity index (χ3n) is 4.39. The molecule has 2 aromatic rings. The van der Waals surface area contributed by atoms with Crippen LogP contribution in [0.15, 0.2) is 12.1 Å². The Hall–Kier alpha value is -1.11. The molecule has 0 fully saturated rings. The zero-order valence-corrected chi connectivity index (χ0v) is 18.4. The number of benzene rings is 1. The summed E-state index contributed by atoms with van der Waals surface area (Å²) in [5, 5.41) is 3.44. The summed E-state index contributed by atoms with van der Waals surface area (Å²) in [6.45, 7) is 3.50. The van der Waals surface area contributed by atoms with E-state index in [0.717, 1.165) is 7.05 Å². The van der Waals surface area contributed by atoms with E-state index in [1.54, 1.807) is 0 Å². The van der Waals surface area contributed by atoms with Crippen molar-refractivity contribution in [2.45, 2.75) is 30.8 Å². The molecule has 0 spiro atoms. The van der Waals surface area contributed by atoms with E-state index in [2.05, 4.69) is 11.4 Å². The molecule has 0 bridgehead atoms. The highest BCUT2D eigenvalue weighted by Crippen LogP contribution is 2.48. The zero-order chi connectivity index (χ0) is 22.5. The van der Waals surface area contributed by atoms with E-state index in [0.29, 0.717) is 5.56 Å². The van der Waals surface area contributed by atoms with Gasteiger partial charge in [0, 0.05) is 17.6 Å². The lowest BCUT2D eigenvalue weighted by atomic mass is 9.97. The third kappa shape index (κ3) is 5.15. The average Bonchev–Trinajstić information content (AvgIpc) is 2.86. The van der Waals surface area contributed by atoms with Crippen LogP contribution in [0.2, 0.25) is 5.02 Å². The summed E-state index contributed by atoms with van der Waals surface area (Å²) >= 11 is 12.6. The largest absolute Gasteiger partial charge is 0.433 e. The van der Waals surface area contributed by atoms with Crippen LogP contribution in [0.3, 0.4) is 0 Å². The van der Waals surface area contributed by atoms with Gasteiger partial charge in [-0.05, 0) is 49.9 Å². The summed E-state index contributed by atoms with van der Waals surface area (Å²) < 4.78 is 81.0. The van der Waals surface area contributed by atoms with Gasteiger partial charge in [-0.1, -0.05) is 24.8 Å². The first-order chi connectivity index (χ1) is 12.9. The predicted molar refractivity (Wildman–Crippen MR) is 108 cm³/mol. The number of alkyl halides is 7. The molecular formula is C18H19Cl2F6N2P. The molecule has 0 saturated carbocycles. The molecule has 1 heterocycles. The molecular weight excluding hydrogens is 460 g/mol. The van der Waals surface area contributed by atoms with Crippen LogP contribution in [0.25, 0.3) is 11.3 Å². The van der Waals surface area contributed by atoms with Crippen molar-refractivity contribution in [2.75, 3.05) is 13.3 Å². The fourth-order valence-electron chi connectivity index (χ4n) is 2.86. The topological polar surface area (TPSA) is 17.8 Å². The van der Waals surface area contributed by atoms with Crippen LogP contribution < -0.4 is 0 Å². The van der Waals surface area contributed by atoms with Gasteiger partial charge in [0.2, 0.25) is 0 Å². The van der Waals surface area contributed by atoms with Gasteiger partial charge in [0.05, 0.1) is 5.12 Å². The molecule has 1 aromatic heterocycles. The standard InChI is InChI=1S/C18H19Cl2F6N2P/c1-9-6-12(19)10(8-13(20)29(3,4)5)7-11(9)15-14(17(21,22)23)16(18(24,25)26)28(2)27-15/h6-7,13H,3,8H2,1-2,4-5H3. The highest BCUT2D eigenvalue weighted by molar-refractivity contribution is 7.74. The second-order valence-electron chi connectivity index (χ2n) is 7.37. The van der Waals surface area contributed by atoms with Crippen molar-refractivity contribution < 1.29 is 26.3 Å². The lowest BCUT2D eigenvalue weighted by Gasteiger charge is -2.21. The van der Waals surface area contributed by atoms with Crippen LogP contribution in [0, 0.1) is 6.92 Å². The Balaban J connectivity index is 2.76. The van der Waals surface area contributed by atoms with E-state index >= 15 is 0 Å². The first-order valence-corrected chi connectivity index (χ1v) is 12.0. The zero-order valence-electron chi connectivity index (χ0n) is 16.0. The maximum Gasteiger partial charge on any atom is 0.433 e. The molecule has 0 aliphatic heterocycles. The average molecular weight is 479 g/mol. The predicted octanol–water partition coefficient (Wildman–Crippen LogP) is 6.90. The Morgan fingerprint density at radius 1 is 1.14 bits per heavy atom. The molecule has 1 unspecified atom stereocenters. The molecule has 0 amide bonds. The van der Waals surface area contributed by atoms with Crippen molar-refractivity contribution in [1.82, 2.24) is 9.78 Å². The molecule has 0 saturated heterocycles. The summed E-state index contributed by atoms with van der Waals surface area (Å²) in [7, 11) is 0.832. The van der Waals surface area contributed by atoms with Gasteiger partial charge in [0.15, 0.2) is 5.69 Å². The maximum absolute atomic E-state index is 13.6. The minimum absolute atomic E-state index is 0.0770. The van der Waals surface area contributed by atoms with Crippen molar-refractivity contribution in [3.8, 4) is 11.3 Å². The molecule has 162 valence electrons. The van der Waals surface area contributed by atoms with Gasteiger partial charge >= 0.3 is 12.4 Å². The fourth-order valence-corrected chi connectivity index (χ4v) is 4.02. The molecule has 0 aliphatic carbocycles. The molecule has 2 rings (SSSR count). The number of nitrogens with zero attached hydrogens (tertiary/aromatic N) is 2. The highest BCUT2D eigenvalue weighted by atomic mass is 35.5. The summed E-state index contributed by atoms with van der Waals surface area (Å²) in [6, 6.07) is 2.74. The minimum Gasteiger partial charge on any atom is -0.262 e. The maximum atomic E-state index is 13.6. The fraction of sp³-hybridized carbons (Fsp3) is 0.444. The van der Waals surface area contributed by atoms with Crippen molar-refractivity contribution in [2.24, 2.45) is 7.05 Å². The van der Waals surface area contributed by atoms with Gasteiger partial charge in [0.25, 0.3) is 0 Å². The number of aryl methyl sites for hydroxylation is 2. The lowest BCUT2D eigenvalue weighted by Crippen LogP contribution is -2.19. The number of hydrogen-bond donors (Lipinski definition) is 0. The van der Waals surface area contributed by atoms with Crippen LogP contribution in [0.1, 0.15) is 22.4 Å². The van der Waals surface area contributed by atoms with Crippen molar-refractivity contribution >= 4 is 36.4 Å². The van der Waals surface area contributed by atoms with Crippen LogP contribution in [0.5, 0.6) is 0 Å². The second kappa shape index (κ2) is 7.86. The Morgan fingerprint density at radius 3 is 2.14 bits per heavy atom. The summed E-state index contributed by atoms with van der Waals surface area (Å²) in [5.41, 5.74) is -3.85. The number of hydrogen-bond acceptors (Lipinski definition) is 1. The number of halogens is 8. The molecule has 1 aromatic carbocycles. The smallest absolute Gasteiger partial charge is 0.262 e. The Labute approximate surface area is 174 Å². The molecule has 2 nitrogen and oxygen atoms in total. The van der Waals surface area contributed by atoms with Gasteiger partial charge in [-0.15, -0.1) is 11.6 Å². The van der Waals surface area contributed by atoms with Crippen LogP contribution in [-0.2, 0) is 25.8 Å². The van der Waals surface area contributed by atoms with E-state index in [9.17, 15) is 26.3 Å². The quantitative estimate of drug-likeness (QED) is 0.265. The minimum atomic E-state index is -5.25. The van der Waals surface area contributed by atoms with E-state index in [1.807, 2.05) is 13.3 Å². The van der Waals surface area contributed by atoms with Gasteiger partial charge in [-0.2, -0.15) is 31.4 Å². The molecule has 0 aliphatic rings. The normalized spacial score (nSPS) is 14.3. The van der Waals surface area contributed by atoms with Gasteiger partial charge < -0.3 is 0 Å². The summed E-state index contributed by atoms with van der Waals surface area (Å²) in [6.07, 6.45) is -6.23. The van der Waals surface area contributed by atoms with E-state index in [1.165, 1.54) is 19.1 Å². The number of rotatable bonds is 4. The monoisotopic (exact) mass is 478 g/mol. The van der Waals surface area contributed by atoms with E-state index < -0.39 is 41.3 Å². The van der Waals surface area contributed by atoms with Gasteiger partial charge in [-0.3, -0.25) is 4.68 Å². The van der Waals surface area contributed by atoms with E-state index in [-0.39, 0.29) is 27.3 Å². The van der Waals surface area contributed by atoms with Crippen LogP contribution >= 0.6 is 30.1 Å². The Bertz CT molecular complexity index is 972. The Kier molecular flexibility index (Phi) is 6.55. The number of aromatic nitrogens is 2. The van der Waals surface area contributed by atoms with Crippen LogP contribution in [-0.4, -0.2) is 34.5 Å². The summed E-state index contributed by atoms with van der Waals surface area (Å²) in [4.78, 5) is 0. The molecule has 0 N–H and O–H groups in total. The van der Waals surface area contributed by atoms with E-state index in [4.69, 9.17) is 23.2 Å². The highest BCUT2D eigenvalue weighted by Gasteiger charge is 2.49. The molecule has 1 atom stereocenters. The molecule has 0 radical (unpaired) electrons. The SMILES string of the molecule is C=P(C)(C)C(Cl)Cc1cc(-c2nn(C)c(C(F)(F)F)c2C(F)(F)F)c(C)cc1Cl. The van der Waals surface area contributed by atoms with Crippen molar-refractivity contribution in [3.05, 3.63) is 39.5 Å². The first-order valence-electron chi connectivity index (χ1n) is 8.27. The third-order valence-corrected chi connectivity index (χ3v) is 8.19. The van der Waals surface area contributed by atoms with Crippen LogP contribution in [0.4, 0.5) is 26.3 Å². The molecule has 29 heavy (non-hydrogen) atoms. The van der Waals surface area contributed by atoms with Crippen molar-refractivity contribution in [3.63, 3.8) is 0 Å². The van der Waals surface area contributed by atoms with Gasteiger partial charge in [-0.25, -0.2) is 0 Å². The second-order valence-corrected chi connectivity index (χ2v) is 12.8. The van der Waals surface area contributed by atoms with Gasteiger partial charge in [0.1, 0.15) is 11.3 Å². The van der Waals surface area contributed by atoms with Crippen molar-refractivity contribution in [1.29, 1.82) is 0 Å². The first kappa shape index (κ1) is 24.2.